The van der Waals surface area contributed by atoms with Gasteiger partial charge < -0.3 is 4.74 Å². The summed E-state index contributed by atoms with van der Waals surface area (Å²) in [6, 6.07) is 0. The van der Waals surface area contributed by atoms with Gasteiger partial charge in [-0.15, -0.1) is 0 Å². The van der Waals surface area contributed by atoms with Gasteiger partial charge in [0.25, 0.3) is 4.21 Å². The highest BCUT2D eigenvalue weighted by molar-refractivity contribution is 8.06. The molecule has 12 heavy (non-hydrogen) atoms. The van der Waals surface area contributed by atoms with E-state index in [9.17, 15) is 9.59 Å². The van der Waals surface area contributed by atoms with Crippen LogP contribution in [0.25, 0.3) is 0 Å². The molecular formula is C7H7ClO3S. The zero-order valence-corrected chi connectivity index (χ0v) is 8.16. The molecule has 0 aromatic heterocycles. The first-order valence-corrected chi connectivity index (χ1v) is 4.45. The summed E-state index contributed by atoms with van der Waals surface area (Å²) in [6.45, 7) is 1.61. The summed E-state index contributed by atoms with van der Waals surface area (Å²) < 4.78 is 2.84. The Hall–Kier alpha value is -0.480. The van der Waals surface area contributed by atoms with Gasteiger partial charge in [-0.3, -0.25) is 4.79 Å². The number of rotatable bonds is 1. The maximum absolute atomic E-state index is 11.3. The van der Waals surface area contributed by atoms with Crippen molar-refractivity contribution in [3.05, 3.63) is 11.0 Å². The number of methoxy groups -OCH3 is 1. The van der Waals surface area contributed by atoms with Crippen LogP contribution < -0.4 is 0 Å². The maximum atomic E-state index is 11.3. The van der Waals surface area contributed by atoms with E-state index in [1.54, 1.807) is 12.3 Å². The number of thioether (sulfide) groups is 1. The average molecular weight is 207 g/mol. The van der Waals surface area contributed by atoms with Crippen molar-refractivity contribution in [3.8, 4) is 0 Å². The molecular weight excluding hydrogens is 200 g/mol. The highest BCUT2D eigenvalue weighted by Gasteiger charge is 2.49. The van der Waals surface area contributed by atoms with Crippen molar-refractivity contribution < 1.29 is 14.3 Å². The maximum Gasteiger partial charge on any atom is 0.345 e. The predicted molar refractivity (Wildman–Crippen MR) is 47.0 cm³/mol. The minimum absolute atomic E-state index is 0.388. The molecule has 0 amide bonds. The normalized spacial score (nSPS) is 28.6. The van der Waals surface area contributed by atoms with Gasteiger partial charge in [-0.2, -0.15) is 0 Å². The van der Waals surface area contributed by atoms with Gasteiger partial charge in [0.1, 0.15) is 0 Å². The van der Waals surface area contributed by atoms with E-state index in [2.05, 4.69) is 4.74 Å². The van der Waals surface area contributed by atoms with E-state index in [0.717, 1.165) is 11.8 Å². The molecule has 5 heteroatoms. The molecule has 0 spiro atoms. The number of allylic oxidation sites excluding steroid dienone is 1. The fraction of sp³-hybridized carbons (Fsp3) is 0.429. The van der Waals surface area contributed by atoms with Gasteiger partial charge in [-0.25, -0.2) is 4.79 Å². The third-order valence-electron chi connectivity index (χ3n) is 1.50. The van der Waals surface area contributed by atoms with Crippen molar-refractivity contribution in [2.75, 3.05) is 7.11 Å². The molecule has 1 rings (SSSR count). The van der Waals surface area contributed by atoms with Crippen molar-refractivity contribution in [1.82, 2.24) is 0 Å². The molecule has 1 aliphatic rings. The topological polar surface area (TPSA) is 43.4 Å². The molecule has 0 aliphatic carbocycles. The molecule has 66 valence electrons. The number of alkyl halides is 1. The van der Waals surface area contributed by atoms with E-state index in [1.165, 1.54) is 7.11 Å². The van der Waals surface area contributed by atoms with Gasteiger partial charge in [-0.05, 0) is 12.3 Å². The van der Waals surface area contributed by atoms with E-state index in [0.29, 0.717) is 5.57 Å². The minimum atomic E-state index is -1.57. The summed E-state index contributed by atoms with van der Waals surface area (Å²) in [5.74, 6) is -1.10. The molecule has 0 saturated heterocycles. The van der Waals surface area contributed by atoms with Gasteiger partial charge in [0, 0.05) is 5.57 Å². The summed E-state index contributed by atoms with van der Waals surface area (Å²) in [5, 5.41) is 1.56. The number of ether oxygens (including phenoxy) is 1. The summed E-state index contributed by atoms with van der Waals surface area (Å²) in [5.41, 5.74) is 0.486. The highest BCUT2D eigenvalue weighted by Crippen LogP contribution is 2.41. The molecule has 0 aromatic carbocycles. The SMILES string of the molecule is COC(=O)[C@]1(Cl)SC=C(C)C1=O. The predicted octanol–water partition coefficient (Wildman–Crippen LogP) is 1.31. The largest absolute Gasteiger partial charge is 0.467 e. The Labute approximate surface area is 79.1 Å². The van der Waals surface area contributed by atoms with E-state index in [1.807, 2.05) is 0 Å². The number of halogens is 1. The molecule has 0 fully saturated rings. The lowest BCUT2D eigenvalue weighted by molar-refractivity contribution is -0.143. The molecule has 0 N–H and O–H groups in total. The van der Waals surface area contributed by atoms with Crippen molar-refractivity contribution in [1.29, 1.82) is 0 Å². The summed E-state index contributed by atoms with van der Waals surface area (Å²) >= 11 is 6.73. The molecule has 0 bridgehead atoms. The lowest BCUT2D eigenvalue weighted by atomic mass is 10.1. The Kier molecular flexibility index (Phi) is 2.49. The Morgan fingerprint density at radius 1 is 1.75 bits per heavy atom. The van der Waals surface area contributed by atoms with E-state index in [4.69, 9.17) is 11.6 Å². The van der Waals surface area contributed by atoms with Gasteiger partial charge in [-0.1, -0.05) is 23.4 Å². The smallest absolute Gasteiger partial charge is 0.345 e. The van der Waals surface area contributed by atoms with Crippen LogP contribution in [0.5, 0.6) is 0 Å². The quantitative estimate of drug-likeness (QED) is 0.369. The van der Waals surface area contributed by atoms with Crippen LogP contribution in [0.1, 0.15) is 6.92 Å². The van der Waals surface area contributed by atoms with Crippen LogP contribution in [-0.4, -0.2) is 23.1 Å². The molecule has 0 unspecified atom stereocenters. The second-order valence-electron chi connectivity index (χ2n) is 2.33. The third-order valence-corrected chi connectivity index (χ3v) is 3.24. The number of ketones is 1. The van der Waals surface area contributed by atoms with Crippen LogP contribution in [0.4, 0.5) is 0 Å². The fourth-order valence-corrected chi connectivity index (χ4v) is 2.06. The Balaban J connectivity index is 2.91. The second-order valence-corrected chi connectivity index (χ2v) is 4.21. The van der Waals surface area contributed by atoms with Crippen molar-refractivity contribution in [3.63, 3.8) is 0 Å². The fourth-order valence-electron chi connectivity index (χ4n) is 0.802. The Bertz CT molecular complexity index is 274. The van der Waals surface area contributed by atoms with Gasteiger partial charge in [0.15, 0.2) is 0 Å². The first-order valence-electron chi connectivity index (χ1n) is 3.19. The zero-order valence-electron chi connectivity index (χ0n) is 6.59. The summed E-state index contributed by atoms with van der Waals surface area (Å²) in [6.07, 6.45) is 0. The van der Waals surface area contributed by atoms with Crippen LogP contribution >= 0.6 is 23.4 Å². The first kappa shape index (κ1) is 9.61. The van der Waals surface area contributed by atoms with Crippen molar-refractivity contribution in [2.24, 2.45) is 0 Å². The van der Waals surface area contributed by atoms with E-state index < -0.39 is 10.2 Å². The standard InChI is InChI=1S/C7H7ClO3S/c1-4-3-12-7(8,5(4)9)6(10)11-2/h3H,1-2H3/t7-/m1/s1. The van der Waals surface area contributed by atoms with E-state index >= 15 is 0 Å². The van der Waals surface area contributed by atoms with E-state index in [-0.39, 0.29) is 5.78 Å². The molecule has 1 aliphatic heterocycles. The number of hydrogen-bond donors (Lipinski definition) is 0. The van der Waals surface area contributed by atoms with Crippen LogP contribution in [0.3, 0.4) is 0 Å². The van der Waals surface area contributed by atoms with Crippen LogP contribution in [0, 0.1) is 0 Å². The number of Topliss-reactive ketones (excluding diaryl/α,β-unsaturated/α-hetero) is 1. The minimum Gasteiger partial charge on any atom is -0.467 e. The second kappa shape index (κ2) is 3.11. The first-order chi connectivity index (χ1) is 5.52. The average Bonchev–Trinajstić information content (AvgIpc) is 2.33. The molecule has 0 saturated carbocycles. The van der Waals surface area contributed by atoms with Gasteiger partial charge in [0.05, 0.1) is 7.11 Å². The molecule has 0 aromatic rings. The monoisotopic (exact) mass is 206 g/mol. The van der Waals surface area contributed by atoms with Gasteiger partial charge in [0.2, 0.25) is 5.78 Å². The van der Waals surface area contributed by atoms with Crippen molar-refractivity contribution >= 4 is 35.1 Å². The lowest BCUT2D eigenvalue weighted by Gasteiger charge is -2.14. The van der Waals surface area contributed by atoms with Gasteiger partial charge >= 0.3 is 5.97 Å². The lowest BCUT2D eigenvalue weighted by Crippen LogP contribution is -2.36. The molecule has 1 atom stereocenters. The number of hydrogen-bond acceptors (Lipinski definition) is 4. The number of esters is 1. The van der Waals surface area contributed by atoms with Crippen LogP contribution in [-0.2, 0) is 14.3 Å². The molecule has 3 nitrogen and oxygen atoms in total. The molecule has 0 radical (unpaired) electrons. The number of carbonyl (C=O) groups excluding carboxylic acids is 2. The van der Waals surface area contributed by atoms with Crippen molar-refractivity contribution in [2.45, 2.75) is 11.1 Å². The Morgan fingerprint density at radius 3 is 2.67 bits per heavy atom. The number of carbonyl (C=O) groups is 2. The molecule has 1 heterocycles. The van der Waals surface area contributed by atoms with Crippen LogP contribution in [0.2, 0.25) is 0 Å². The Morgan fingerprint density at radius 2 is 2.33 bits per heavy atom. The highest BCUT2D eigenvalue weighted by atomic mass is 35.5. The summed E-state index contributed by atoms with van der Waals surface area (Å²) in [7, 11) is 1.20. The third kappa shape index (κ3) is 1.25. The van der Waals surface area contributed by atoms with Crippen LogP contribution in [0.15, 0.2) is 11.0 Å². The zero-order chi connectivity index (χ0) is 9.35. The summed E-state index contributed by atoms with van der Waals surface area (Å²) in [4.78, 5) is 22.4.